The molecule has 5 amide bonds. The summed E-state index contributed by atoms with van der Waals surface area (Å²) < 4.78 is 41.1. The topological polar surface area (TPSA) is 202 Å². The van der Waals surface area contributed by atoms with Crippen molar-refractivity contribution in [3.05, 3.63) is 70.4 Å². The molecule has 328 valence electrons. The van der Waals surface area contributed by atoms with Crippen LogP contribution >= 0.6 is 11.3 Å². The highest BCUT2D eigenvalue weighted by atomic mass is 32.1. The molecule has 0 aliphatic carbocycles. The second kappa shape index (κ2) is 20.4. The Bertz CT molecular complexity index is 2000. The van der Waals surface area contributed by atoms with E-state index in [9.17, 15) is 33.5 Å². The minimum absolute atomic E-state index is 0.0257. The number of nitrogens with two attached hydrogens (primary N) is 1. The number of nitrogens with one attached hydrogen (secondary N) is 3. The Labute approximate surface area is 354 Å². The van der Waals surface area contributed by atoms with Crippen LogP contribution in [0, 0.1) is 24.0 Å². The zero-order chi connectivity index (χ0) is 44.5. The fraction of sp³-hybridized carbons (Fsp3) is 0.535. The van der Waals surface area contributed by atoms with E-state index in [1.807, 2.05) is 38.1 Å². The molecule has 2 heterocycles. The number of aliphatic hydroxyl groups excluding tert-OH is 1. The second-order valence-corrected chi connectivity index (χ2v) is 18.1. The molecule has 2 aromatic carbocycles. The fourth-order valence-electron chi connectivity index (χ4n) is 6.77. The van der Waals surface area contributed by atoms with Crippen molar-refractivity contribution in [3.8, 4) is 16.2 Å². The standard InChI is InChI=1S/C43H58F2N6O8S/c1-24(26-12-14-27(15-13-26)37-25(2)47-23-60-37)48-39(55)32-20-31(52)21-51(32)40(56)38(42(3,4)5)50-35(54)11-9-10-28-18-29(44)19-33(36(28)45)58-22-30(16-17-34(46)53)49-41(57)59-43(6,7)8/h12-15,18-19,23-24,30-32,38,52H,9-11,16-17,20-22H2,1-8H3,(H2,46,53)(H,48,55)(H,49,57)(H,50,54)/t24-,30-,31+,32-,38+/m0/s1. The smallest absolute Gasteiger partial charge is 0.407 e. The maximum absolute atomic E-state index is 15.6. The summed E-state index contributed by atoms with van der Waals surface area (Å²) >= 11 is 1.54. The molecular formula is C43H58F2N6O8S. The lowest BCUT2D eigenvalue weighted by molar-refractivity contribution is -0.144. The third-order valence-electron chi connectivity index (χ3n) is 9.89. The maximum atomic E-state index is 15.6. The SMILES string of the molecule is Cc1ncsc1-c1ccc([C@H](C)NC(=O)[C@@H]2C[C@@H](O)CN2C(=O)[C@@H](NC(=O)CCCc2cc(F)cc(OC[C@H](CCC(N)=O)NC(=O)OC(C)(C)C)c2F)C(C)(C)C)cc1. The van der Waals surface area contributed by atoms with Gasteiger partial charge in [-0.05, 0) is 82.1 Å². The predicted octanol–water partition coefficient (Wildman–Crippen LogP) is 5.63. The number of nitrogens with zero attached hydrogens (tertiary/aromatic N) is 2. The average Bonchev–Trinajstić information content (AvgIpc) is 3.76. The van der Waals surface area contributed by atoms with E-state index in [4.69, 9.17) is 15.2 Å². The van der Waals surface area contributed by atoms with Crippen LogP contribution in [-0.4, -0.2) is 87.7 Å². The molecule has 0 radical (unpaired) electrons. The number of primary amides is 1. The molecule has 1 aliphatic heterocycles. The summed E-state index contributed by atoms with van der Waals surface area (Å²) in [6, 6.07) is 6.35. The van der Waals surface area contributed by atoms with Gasteiger partial charge in [-0.3, -0.25) is 19.2 Å². The Morgan fingerprint density at radius 2 is 1.70 bits per heavy atom. The van der Waals surface area contributed by atoms with E-state index in [-0.39, 0.29) is 57.2 Å². The molecule has 3 aromatic rings. The number of thiazole rings is 1. The number of carbonyl (C=O) groups is 5. The summed E-state index contributed by atoms with van der Waals surface area (Å²) in [5, 5.41) is 18.9. The van der Waals surface area contributed by atoms with Gasteiger partial charge in [0, 0.05) is 31.9 Å². The Hall–Kier alpha value is -5.16. The minimum Gasteiger partial charge on any atom is -0.488 e. The highest BCUT2D eigenvalue weighted by Gasteiger charge is 2.44. The summed E-state index contributed by atoms with van der Waals surface area (Å²) in [6.07, 6.45) is -1.89. The number of benzene rings is 2. The number of aromatic nitrogens is 1. The van der Waals surface area contributed by atoms with Crippen molar-refractivity contribution in [1.29, 1.82) is 0 Å². The number of aryl methyl sites for hydroxylation is 2. The number of likely N-dealkylation sites (tertiary alicyclic amines) is 1. The van der Waals surface area contributed by atoms with E-state index < -0.39 is 88.4 Å². The van der Waals surface area contributed by atoms with Crippen molar-refractivity contribution in [2.75, 3.05) is 13.2 Å². The van der Waals surface area contributed by atoms with E-state index in [1.54, 1.807) is 58.4 Å². The van der Waals surface area contributed by atoms with E-state index >= 15 is 4.39 Å². The van der Waals surface area contributed by atoms with Crippen molar-refractivity contribution in [3.63, 3.8) is 0 Å². The molecule has 0 spiro atoms. The first-order chi connectivity index (χ1) is 28.0. The van der Waals surface area contributed by atoms with Crippen molar-refractivity contribution in [1.82, 2.24) is 25.8 Å². The quantitative estimate of drug-likeness (QED) is 0.114. The lowest BCUT2D eigenvalue weighted by Crippen LogP contribution is -2.57. The van der Waals surface area contributed by atoms with Gasteiger partial charge in [0.1, 0.15) is 30.1 Å². The van der Waals surface area contributed by atoms with Crippen LogP contribution in [0.25, 0.3) is 10.4 Å². The van der Waals surface area contributed by atoms with Crippen molar-refractivity contribution in [2.45, 2.75) is 130 Å². The summed E-state index contributed by atoms with van der Waals surface area (Å²) in [4.78, 5) is 71.5. The Morgan fingerprint density at radius 1 is 1.02 bits per heavy atom. The maximum Gasteiger partial charge on any atom is 0.407 e. The van der Waals surface area contributed by atoms with Gasteiger partial charge in [0.2, 0.25) is 23.6 Å². The van der Waals surface area contributed by atoms with Crippen LogP contribution < -0.4 is 26.4 Å². The summed E-state index contributed by atoms with van der Waals surface area (Å²) in [6.45, 7) is 13.7. The van der Waals surface area contributed by atoms with Gasteiger partial charge in [-0.1, -0.05) is 45.0 Å². The van der Waals surface area contributed by atoms with E-state index in [0.29, 0.717) is 0 Å². The second-order valence-electron chi connectivity index (χ2n) is 17.3. The molecule has 1 fully saturated rings. The van der Waals surface area contributed by atoms with Crippen molar-refractivity contribution >= 4 is 41.1 Å². The Morgan fingerprint density at radius 3 is 2.30 bits per heavy atom. The van der Waals surface area contributed by atoms with Crippen LogP contribution in [0.15, 0.2) is 41.9 Å². The average molecular weight is 857 g/mol. The molecule has 0 bridgehead atoms. The molecule has 6 N–H and O–H groups in total. The largest absolute Gasteiger partial charge is 0.488 e. The first-order valence-electron chi connectivity index (χ1n) is 20.0. The predicted molar refractivity (Wildman–Crippen MR) is 223 cm³/mol. The monoisotopic (exact) mass is 856 g/mol. The van der Waals surface area contributed by atoms with E-state index in [1.165, 1.54) is 4.90 Å². The molecule has 1 saturated heterocycles. The number of alkyl carbamates (subject to hydrolysis) is 1. The number of halogens is 2. The number of hydrogen-bond acceptors (Lipinski definition) is 10. The molecule has 1 aromatic heterocycles. The van der Waals surface area contributed by atoms with Gasteiger partial charge in [0.15, 0.2) is 11.6 Å². The van der Waals surface area contributed by atoms with E-state index in [2.05, 4.69) is 20.9 Å². The molecule has 60 heavy (non-hydrogen) atoms. The minimum atomic E-state index is -1.08. The molecule has 1 aliphatic rings. The number of amides is 5. The van der Waals surface area contributed by atoms with Crippen LogP contribution in [-0.2, 0) is 30.3 Å². The third kappa shape index (κ3) is 13.7. The van der Waals surface area contributed by atoms with Crippen LogP contribution in [0.1, 0.15) is 103 Å². The Kier molecular flexibility index (Phi) is 16.2. The van der Waals surface area contributed by atoms with Gasteiger partial charge < -0.3 is 41.2 Å². The van der Waals surface area contributed by atoms with Crippen LogP contribution in [0.5, 0.6) is 5.75 Å². The number of carbonyl (C=O) groups excluding carboxylic acids is 5. The fourth-order valence-corrected chi connectivity index (χ4v) is 7.58. The number of aliphatic hydroxyl groups is 1. The first kappa shape index (κ1) is 47.5. The molecule has 14 nitrogen and oxygen atoms in total. The number of ether oxygens (including phenoxy) is 2. The summed E-state index contributed by atoms with van der Waals surface area (Å²) in [5.74, 6) is -4.19. The molecule has 0 unspecified atom stereocenters. The normalized spacial score (nSPS) is 17.0. The van der Waals surface area contributed by atoms with Gasteiger partial charge in [0.05, 0.1) is 34.3 Å². The highest BCUT2D eigenvalue weighted by molar-refractivity contribution is 7.13. The third-order valence-corrected chi connectivity index (χ3v) is 10.9. The zero-order valence-corrected chi connectivity index (χ0v) is 36.3. The first-order valence-corrected chi connectivity index (χ1v) is 20.9. The Balaban J connectivity index is 1.36. The van der Waals surface area contributed by atoms with Gasteiger partial charge >= 0.3 is 6.09 Å². The lowest BCUT2D eigenvalue weighted by atomic mass is 9.85. The van der Waals surface area contributed by atoms with Crippen LogP contribution in [0.4, 0.5) is 13.6 Å². The molecular weight excluding hydrogens is 799 g/mol. The molecule has 0 saturated carbocycles. The van der Waals surface area contributed by atoms with Gasteiger partial charge in [-0.25, -0.2) is 18.6 Å². The molecule has 17 heteroatoms. The number of β-amino-alcohol motifs (C(OH)–C–C–N with tert-alkyl or cyclic N) is 1. The van der Waals surface area contributed by atoms with Gasteiger partial charge in [-0.15, -0.1) is 11.3 Å². The lowest BCUT2D eigenvalue weighted by Gasteiger charge is -2.35. The number of rotatable bonds is 17. The summed E-state index contributed by atoms with van der Waals surface area (Å²) in [5.41, 5.74) is 8.18. The highest BCUT2D eigenvalue weighted by Crippen LogP contribution is 2.30. The van der Waals surface area contributed by atoms with Gasteiger partial charge in [0.25, 0.3) is 0 Å². The molecule has 4 rings (SSSR count). The van der Waals surface area contributed by atoms with Crippen LogP contribution in [0.2, 0.25) is 0 Å². The van der Waals surface area contributed by atoms with E-state index in [0.717, 1.165) is 33.8 Å². The number of hydrogen-bond donors (Lipinski definition) is 5. The van der Waals surface area contributed by atoms with Crippen molar-refractivity contribution < 1.29 is 47.3 Å². The van der Waals surface area contributed by atoms with Crippen LogP contribution in [0.3, 0.4) is 0 Å². The summed E-state index contributed by atoms with van der Waals surface area (Å²) in [7, 11) is 0. The van der Waals surface area contributed by atoms with Crippen molar-refractivity contribution in [2.24, 2.45) is 11.1 Å². The molecule has 5 atom stereocenters. The van der Waals surface area contributed by atoms with Gasteiger partial charge in [-0.2, -0.15) is 0 Å². The zero-order valence-electron chi connectivity index (χ0n) is 35.5.